The Labute approximate surface area is 165 Å². The van der Waals surface area contributed by atoms with Gasteiger partial charge in [0.1, 0.15) is 0 Å². The number of ether oxygens (including phenoxy) is 1. The smallest absolute Gasteiger partial charge is 0.243 e. The molecule has 2 aromatic carbocycles. The molecular formula is C21H24N2O4S. The number of aromatic nitrogens is 1. The summed E-state index contributed by atoms with van der Waals surface area (Å²) in [5, 5.41) is 4.10. The molecule has 0 radical (unpaired) electrons. The summed E-state index contributed by atoms with van der Waals surface area (Å²) in [5.74, 6) is 0.625. The molecule has 0 amide bonds. The Balaban J connectivity index is 1.88. The maximum atomic E-state index is 13.0. The van der Waals surface area contributed by atoms with Crippen molar-refractivity contribution in [1.82, 2.24) is 9.46 Å². The number of hydrogen-bond acceptors (Lipinski definition) is 5. The van der Waals surface area contributed by atoms with E-state index in [1.54, 1.807) is 43.5 Å². The predicted molar refractivity (Wildman–Crippen MR) is 107 cm³/mol. The third-order valence-electron chi connectivity index (χ3n) is 4.48. The lowest BCUT2D eigenvalue weighted by Crippen LogP contribution is -2.33. The van der Waals surface area contributed by atoms with Gasteiger partial charge in [0, 0.05) is 25.3 Å². The van der Waals surface area contributed by atoms with E-state index in [2.05, 4.69) is 5.16 Å². The van der Waals surface area contributed by atoms with Gasteiger partial charge in [-0.2, -0.15) is 4.31 Å². The van der Waals surface area contributed by atoms with E-state index >= 15 is 0 Å². The summed E-state index contributed by atoms with van der Waals surface area (Å²) >= 11 is 0. The second kappa shape index (κ2) is 8.68. The minimum Gasteiger partial charge on any atom is -0.383 e. The SMILES string of the molecule is COCCN(Cc1cc(-c2cc(C)ccc2C)on1)S(=O)(=O)c1ccccc1. The van der Waals surface area contributed by atoms with E-state index < -0.39 is 10.0 Å². The van der Waals surface area contributed by atoms with Crippen LogP contribution in [0.15, 0.2) is 64.0 Å². The molecule has 1 aromatic heterocycles. The van der Waals surface area contributed by atoms with E-state index in [0.29, 0.717) is 11.5 Å². The first kappa shape index (κ1) is 20.3. The van der Waals surface area contributed by atoms with Crippen molar-refractivity contribution in [1.29, 1.82) is 0 Å². The molecule has 148 valence electrons. The summed E-state index contributed by atoms with van der Waals surface area (Å²) in [4.78, 5) is 0.240. The van der Waals surface area contributed by atoms with E-state index in [1.165, 1.54) is 4.31 Å². The van der Waals surface area contributed by atoms with Crippen LogP contribution in [-0.2, 0) is 21.3 Å². The van der Waals surface area contributed by atoms with Crippen molar-refractivity contribution in [2.24, 2.45) is 0 Å². The van der Waals surface area contributed by atoms with Crippen LogP contribution in [0.2, 0.25) is 0 Å². The Kier molecular flexibility index (Phi) is 6.28. The summed E-state index contributed by atoms with van der Waals surface area (Å²) < 4.78 is 38.0. The summed E-state index contributed by atoms with van der Waals surface area (Å²) in [6, 6.07) is 16.2. The molecule has 0 saturated carbocycles. The Bertz CT molecular complexity index is 1030. The van der Waals surface area contributed by atoms with Crippen LogP contribution in [0.1, 0.15) is 16.8 Å². The van der Waals surface area contributed by atoms with Gasteiger partial charge in [-0.15, -0.1) is 0 Å². The fourth-order valence-electron chi connectivity index (χ4n) is 2.91. The number of benzene rings is 2. The maximum absolute atomic E-state index is 13.0. The van der Waals surface area contributed by atoms with Gasteiger partial charge in [0.15, 0.2) is 5.76 Å². The molecule has 0 aliphatic rings. The monoisotopic (exact) mass is 400 g/mol. The highest BCUT2D eigenvalue weighted by molar-refractivity contribution is 7.89. The van der Waals surface area contributed by atoms with Crippen LogP contribution in [0, 0.1) is 13.8 Å². The molecule has 0 aliphatic carbocycles. The van der Waals surface area contributed by atoms with Crippen molar-refractivity contribution in [3.63, 3.8) is 0 Å². The van der Waals surface area contributed by atoms with Crippen LogP contribution < -0.4 is 0 Å². The Morgan fingerprint density at radius 2 is 1.82 bits per heavy atom. The largest absolute Gasteiger partial charge is 0.383 e. The van der Waals surface area contributed by atoms with Crippen LogP contribution >= 0.6 is 0 Å². The molecule has 1 heterocycles. The third-order valence-corrected chi connectivity index (χ3v) is 6.34. The van der Waals surface area contributed by atoms with Crippen molar-refractivity contribution in [3.8, 4) is 11.3 Å². The molecule has 0 N–H and O–H groups in total. The Morgan fingerprint density at radius 3 is 2.54 bits per heavy atom. The van der Waals surface area contributed by atoms with Gasteiger partial charge in [0.05, 0.1) is 23.7 Å². The number of sulfonamides is 1. The van der Waals surface area contributed by atoms with E-state index in [-0.39, 0.29) is 24.6 Å². The van der Waals surface area contributed by atoms with E-state index in [4.69, 9.17) is 9.26 Å². The average Bonchev–Trinajstić information content (AvgIpc) is 3.16. The van der Waals surface area contributed by atoms with Crippen molar-refractivity contribution >= 4 is 10.0 Å². The highest BCUT2D eigenvalue weighted by atomic mass is 32.2. The summed E-state index contributed by atoms with van der Waals surface area (Å²) in [7, 11) is -2.13. The van der Waals surface area contributed by atoms with Crippen molar-refractivity contribution in [3.05, 3.63) is 71.4 Å². The standard InChI is InChI=1S/C21H24N2O4S/c1-16-9-10-17(2)20(13-16)21-14-18(22-27-21)15-23(11-12-26-3)28(24,25)19-7-5-4-6-8-19/h4-10,13-14H,11-12,15H2,1-3H3. The number of rotatable bonds is 8. The van der Waals surface area contributed by atoms with Gasteiger partial charge in [0.25, 0.3) is 0 Å². The molecule has 0 atom stereocenters. The fraction of sp³-hybridized carbons (Fsp3) is 0.286. The van der Waals surface area contributed by atoms with Crippen LogP contribution in [0.3, 0.4) is 0 Å². The van der Waals surface area contributed by atoms with Gasteiger partial charge >= 0.3 is 0 Å². The maximum Gasteiger partial charge on any atom is 0.243 e. The summed E-state index contributed by atoms with van der Waals surface area (Å²) in [6.07, 6.45) is 0. The average molecular weight is 401 g/mol. The minimum absolute atomic E-state index is 0.106. The molecular weight excluding hydrogens is 376 g/mol. The Hall–Kier alpha value is -2.48. The molecule has 28 heavy (non-hydrogen) atoms. The number of aryl methyl sites for hydroxylation is 2. The molecule has 0 aliphatic heterocycles. The normalized spacial score (nSPS) is 11.9. The second-order valence-electron chi connectivity index (χ2n) is 6.65. The third kappa shape index (κ3) is 4.49. The molecule has 0 fully saturated rings. The van der Waals surface area contributed by atoms with Gasteiger partial charge in [0.2, 0.25) is 10.0 Å². The van der Waals surface area contributed by atoms with Crippen molar-refractivity contribution < 1.29 is 17.7 Å². The van der Waals surface area contributed by atoms with E-state index in [0.717, 1.165) is 16.7 Å². The first-order valence-electron chi connectivity index (χ1n) is 8.99. The van der Waals surface area contributed by atoms with E-state index in [1.807, 2.05) is 32.0 Å². The van der Waals surface area contributed by atoms with Gasteiger partial charge in [-0.05, 0) is 37.6 Å². The van der Waals surface area contributed by atoms with Gasteiger partial charge < -0.3 is 9.26 Å². The number of nitrogens with zero attached hydrogens (tertiary/aromatic N) is 2. The van der Waals surface area contributed by atoms with Crippen LogP contribution in [-0.4, -0.2) is 38.1 Å². The molecule has 3 rings (SSSR count). The predicted octanol–water partition coefficient (Wildman–Crippen LogP) is 3.80. The zero-order valence-corrected chi connectivity index (χ0v) is 17.1. The van der Waals surface area contributed by atoms with Crippen LogP contribution in [0.5, 0.6) is 0 Å². The zero-order chi connectivity index (χ0) is 20.1. The van der Waals surface area contributed by atoms with E-state index in [9.17, 15) is 8.42 Å². The lowest BCUT2D eigenvalue weighted by Gasteiger charge is -2.20. The first-order valence-corrected chi connectivity index (χ1v) is 10.4. The highest BCUT2D eigenvalue weighted by Crippen LogP contribution is 2.26. The number of methoxy groups -OCH3 is 1. The van der Waals surface area contributed by atoms with Crippen LogP contribution in [0.4, 0.5) is 0 Å². The molecule has 0 bridgehead atoms. The van der Waals surface area contributed by atoms with Crippen LogP contribution in [0.25, 0.3) is 11.3 Å². The topological polar surface area (TPSA) is 72.6 Å². The number of hydrogen-bond donors (Lipinski definition) is 0. The molecule has 6 nitrogen and oxygen atoms in total. The molecule has 0 spiro atoms. The lowest BCUT2D eigenvalue weighted by atomic mass is 10.0. The minimum atomic E-state index is -3.67. The van der Waals surface area contributed by atoms with Crippen molar-refractivity contribution in [2.45, 2.75) is 25.3 Å². The fourth-order valence-corrected chi connectivity index (χ4v) is 4.33. The summed E-state index contributed by atoms with van der Waals surface area (Å²) in [6.45, 7) is 4.63. The zero-order valence-electron chi connectivity index (χ0n) is 16.3. The van der Waals surface area contributed by atoms with Gasteiger partial charge in [-0.1, -0.05) is 41.1 Å². The van der Waals surface area contributed by atoms with Gasteiger partial charge in [-0.3, -0.25) is 0 Å². The van der Waals surface area contributed by atoms with Gasteiger partial charge in [-0.25, -0.2) is 8.42 Å². The highest BCUT2D eigenvalue weighted by Gasteiger charge is 2.25. The quantitative estimate of drug-likeness (QED) is 0.575. The first-order chi connectivity index (χ1) is 13.4. The molecule has 0 unspecified atom stereocenters. The Morgan fingerprint density at radius 1 is 1.07 bits per heavy atom. The summed E-state index contributed by atoms with van der Waals surface area (Å²) in [5.41, 5.74) is 3.69. The molecule has 7 heteroatoms. The lowest BCUT2D eigenvalue weighted by molar-refractivity contribution is 0.176. The molecule has 0 saturated heterocycles. The van der Waals surface area contributed by atoms with Crippen molar-refractivity contribution in [2.75, 3.05) is 20.3 Å². The second-order valence-corrected chi connectivity index (χ2v) is 8.58. The molecule has 3 aromatic rings.